The molecule has 164 valence electrons. The van der Waals surface area contributed by atoms with Crippen molar-refractivity contribution in [3.8, 4) is 11.5 Å². The number of halogens is 3. The first-order valence-corrected chi connectivity index (χ1v) is 9.56. The number of ether oxygens (including phenoxy) is 2. The average molecular weight is 441 g/mol. The maximum absolute atomic E-state index is 13.2. The second-order valence-corrected chi connectivity index (χ2v) is 6.85. The number of rotatable bonds is 6. The third kappa shape index (κ3) is 4.51. The first-order chi connectivity index (χ1) is 15.3. The summed E-state index contributed by atoms with van der Waals surface area (Å²) in [6.07, 6.45) is -0.959. The highest BCUT2D eigenvalue weighted by atomic mass is 19.4. The maximum atomic E-state index is 13.2. The van der Waals surface area contributed by atoms with Gasteiger partial charge < -0.3 is 19.2 Å². The van der Waals surface area contributed by atoms with Crippen LogP contribution in [0.15, 0.2) is 73.1 Å². The molecule has 9 heteroatoms. The van der Waals surface area contributed by atoms with Crippen molar-refractivity contribution in [2.45, 2.75) is 12.8 Å². The normalized spacial score (nSPS) is 11.4. The minimum absolute atomic E-state index is 0.131. The predicted octanol–water partition coefficient (Wildman–Crippen LogP) is 5.19. The lowest BCUT2D eigenvalue weighted by molar-refractivity contribution is -0.137. The molecule has 0 bridgehead atoms. The molecule has 2 aromatic heterocycles. The molecule has 0 unspecified atom stereocenters. The van der Waals surface area contributed by atoms with Crippen molar-refractivity contribution in [2.75, 3.05) is 12.4 Å². The second kappa shape index (κ2) is 8.62. The SMILES string of the molecule is COc1ccc(NC(=O)c2ccccc2C(F)(F)F)cc1OCc1cn2ccccc2n1. The minimum Gasteiger partial charge on any atom is -0.493 e. The van der Waals surface area contributed by atoms with Gasteiger partial charge in [0.15, 0.2) is 11.5 Å². The number of benzene rings is 2. The first kappa shape index (κ1) is 21.2. The van der Waals surface area contributed by atoms with Crippen molar-refractivity contribution in [2.24, 2.45) is 0 Å². The molecule has 0 aliphatic heterocycles. The van der Waals surface area contributed by atoms with E-state index in [2.05, 4.69) is 10.3 Å². The van der Waals surface area contributed by atoms with Crippen LogP contribution in [-0.4, -0.2) is 22.4 Å². The third-order valence-corrected chi connectivity index (χ3v) is 4.69. The molecule has 0 spiro atoms. The summed E-state index contributed by atoms with van der Waals surface area (Å²) in [5.41, 5.74) is 0.226. The summed E-state index contributed by atoms with van der Waals surface area (Å²) in [6.45, 7) is 0.131. The molecule has 6 nitrogen and oxygen atoms in total. The van der Waals surface area contributed by atoms with E-state index in [1.807, 2.05) is 35.0 Å². The van der Waals surface area contributed by atoms with E-state index in [1.54, 1.807) is 6.07 Å². The van der Waals surface area contributed by atoms with Crippen LogP contribution in [0.2, 0.25) is 0 Å². The van der Waals surface area contributed by atoms with Crippen molar-refractivity contribution in [1.29, 1.82) is 0 Å². The van der Waals surface area contributed by atoms with Crippen molar-refractivity contribution >= 4 is 17.2 Å². The topological polar surface area (TPSA) is 64.9 Å². The molecule has 0 radical (unpaired) electrons. The smallest absolute Gasteiger partial charge is 0.417 e. The summed E-state index contributed by atoms with van der Waals surface area (Å²) < 4.78 is 52.6. The zero-order valence-corrected chi connectivity index (χ0v) is 16.9. The zero-order valence-electron chi connectivity index (χ0n) is 16.9. The molecule has 32 heavy (non-hydrogen) atoms. The van der Waals surface area contributed by atoms with Crippen LogP contribution in [0.4, 0.5) is 18.9 Å². The number of carbonyl (C=O) groups excluding carboxylic acids is 1. The number of carbonyl (C=O) groups is 1. The van der Waals surface area contributed by atoms with E-state index in [9.17, 15) is 18.0 Å². The molecule has 4 aromatic rings. The molecule has 2 heterocycles. The molecule has 0 saturated heterocycles. The average Bonchev–Trinajstić information content (AvgIpc) is 3.20. The molecule has 4 rings (SSSR count). The number of alkyl halides is 3. The molecule has 0 aliphatic carbocycles. The number of methoxy groups -OCH3 is 1. The number of nitrogens with one attached hydrogen (secondary N) is 1. The highest BCUT2D eigenvalue weighted by molar-refractivity contribution is 6.05. The van der Waals surface area contributed by atoms with Crippen LogP contribution in [0, 0.1) is 0 Å². The zero-order chi connectivity index (χ0) is 22.7. The molecule has 0 aliphatic rings. The summed E-state index contributed by atoms with van der Waals surface area (Å²) in [5, 5.41) is 2.49. The van der Waals surface area contributed by atoms with Crippen molar-refractivity contribution in [1.82, 2.24) is 9.38 Å². The number of hydrogen-bond acceptors (Lipinski definition) is 4. The van der Waals surface area contributed by atoms with E-state index in [0.29, 0.717) is 17.2 Å². The molecular formula is C23H18F3N3O3. The van der Waals surface area contributed by atoms with Crippen molar-refractivity contribution < 1.29 is 27.4 Å². The van der Waals surface area contributed by atoms with E-state index in [-0.39, 0.29) is 12.3 Å². The first-order valence-electron chi connectivity index (χ1n) is 9.56. The second-order valence-electron chi connectivity index (χ2n) is 6.85. The van der Waals surface area contributed by atoms with E-state index in [4.69, 9.17) is 9.47 Å². The standard InChI is InChI=1S/C23H18F3N3O3/c1-31-19-10-9-15(28-22(30)17-6-2-3-7-18(17)23(24,25)26)12-20(19)32-14-16-13-29-11-5-4-8-21(29)27-16/h2-13H,14H2,1H3,(H,28,30). The molecule has 1 amide bonds. The predicted molar refractivity (Wildman–Crippen MR) is 112 cm³/mol. The Morgan fingerprint density at radius 3 is 2.59 bits per heavy atom. The number of hydrogen-bond donors (Lipinski definition) is 1. The quantitative estimate of drug-likeness (QED) is 0.447. The monoisotopic (exact) mass is 441 g/mol. The van der Waals surface area contributed by atoms with Gasteiger partial charge in [-0.15, -0.1) is 0 Å². The fourth-order valence-electron chi connectivity index (χ4n) is 3.20. The summed E-state index contributed by atoms with van der Waals surface area (Å²) in [4.78, 5) is 17.0. The van der Waals surface area contributed by atoms with Crippen LogP contribution < -0.4 is 14.8 Å². The van der Waals surface area contributed by atoms with Gasteiger partial charge in [-0.05, 0) is 36.4 Å². The lowest BCUT2D eigenvalue weighted by Crippen LogP contribution is -2.18. The van der Waals surface area contributed by atoms with Crippen molar-refractivity contribution in [3.63, 3.8) is 0 Å². The molecular weight excluding hydrogens is 423 g/mol. The summed E-state index contributed by atoms with van der Waals surface area (Å²) in [6, 6.07) is 14.8. The summed E-state index contributed by atoms with van der Waals surface area (Å²) in [5.74, 6) is -0.164. The van der Waals surface area contributed by atoms with E-state index in [1.165, 1.54) is 31.4 Å². The van der Waals surface area contributed by atoms with Gasteiger partial charge in [0.2, 0.25) is 0 Å². The lowest BCUT2D eigenvalue weighted by atomic mass is 10.1. The fraction of sp³-hybridized carbons (Fsp3) is 0.130. The van der Waals surface area contributed by atoms with Gasteiger partial charge in [-0.3, -0.25) is 4.79 Å². The van der Waals surface area contributed by atoms with Gasteiger partial charge in [0.1, 0.15) is 12.3 Å². The molecule has 1 N–H and O–H groups in total. The number of fused-ring (bicyclic) bond motifs is 1. The Labute approximate surface area is 181 Å². The Morgan fingerprint density at radius 2 is 1.84 bits per heavy atom. The molecule has 0 fully saturated rings. The maximum Gasteiger partial charge on any atom is 0.417 e. The largest absolute Gasteiger partial charge is 0.493 e. The number of nitrogens with zero attached hydrogens (tertiary/aromatic N) is 2. The van der Waals surface area contributed by atoms with Gasteiger partial charge in [0.25, 0.3) is 5.91 Å². The highest BCUT2D eigenvalue weighted by Gasteiger charge is 2.34. The Kier molecular flexibility index (Phi) is 5.72. The minimum atomic E-state index is -4.64. The summed E-state index contributed by atoms with van der Waals surface area (Å²) >= 11 is 0. The number of aromatic nitrogens is 2. The Bertz CT molecular complexity index is 1240. The van der Waals surface area contributed by atoms with Crippen LogP contribution in [0.1, 0.15) is 21.6 Å². The van der Waals surface area contributed by atoms with Crippen LogP contribution in [-0.2, 0) is 12.8 Å². The van der Waals surface area contributed by atoms with Crippen molar-refractivity contribution in [3.05, 3.63) is 89.9 Å². The number of anilines is 1. The number of imidazole rings is 1. The lowest BCUT2D eigenvalue weighted by Gasteiger charge is -2.14. The number of pyridine rings is 1. The Balaban J connectivity index is 1.54. The van der Waals surface area contributed by atoms with Gasteiger partial charge >= 0.3 is 6.18 Å². The van der Waals surface area contributed by atoms with Crippen LogP contribution >= 0.6 is 0 Å². The molecule has 2 aromatic carbocycles. The van der Waals surface area contributed by atoms with Crippen LogP contribution in [0.25, 0.3) is 5.65 Å². The van der Waals surface area contributed by atoms with Gasteiger partial charge in [-0.25, -0.2) is 4.98 Å². The fourth-order valence-corrected chi connectivity index (χ4v) is 3.20. The van der Waals surface area contributed by atoms with Crippen LogP contribution in [0.3, 0.4) is 0 Å². The molecule has 0 atom stereocenters. The highest BCUT2D eigenvalue weighted by Crippen LogP contribution is 2.34. The Morgan fingerprint density at radius 1 is 1.06 bits per heavy atom. The number of amides is 1. The van der Waals surface area contributed by atoms with E-state index < -0.39 is 23.2 Å². The summed E-state index contributed by atoms with van der Waals surface area (Å²) in [7, 11) is 1.46. The van der Waals surface area contributed by atoms with Gasteiger partial charge in [-0.1, -0.05) is 18.2 Å². The van der Waals surface area contributed by atoms with E-state index >= 15 is 0 Å². The van der Waals surface area contributed by atoms with Gasteiger partial charge in [0.05, 0.1) is 23.9 Å². The van der Waals surface area contributed by atoms with Gasteiger partial charge in [0, 0.05) is 24.1 Å². The molecule has 0 saturated carbocycles. The van der Waals surface area contributed by atoms with Crippen LogP contribution in [0.5, 0.6) is 11.5 Å². The van der Waals surface area contributed by atoms with Gasteiger partial charge in [-0.2, -0.15) is 13.2 Å². The Hall–Kier alpha value is -4.01. The van der Waals surface area contributed by atoms with E-state index in [0.717, 1.165) is 17.8 Å². The third-order valence-electron chi connectivity index (χ3n) is 4.69.